The molecule has 0 rings (SSSR count). The molecule has 3 nitrogen and oxygen atoms in total. The van der Waals surface area contributed by atoms with E-state index in [-0.39, 0.29) is 0 Å². The van der Waals surface area contributed by atoms with Crippen molar-refractivity contribution in [2.24, 2.45) is 0 Å². The third kappa shape index (κ3) is 15.9. The van der Waals surface area contributed by atoms with Gasteiger partial charge in [0.1, 0.15) is 0 Å². The van der Waals surface area contributed by atoms with Gasteiger partial charge in [-0.2, -0.15) is 0 Å². The standard InChI is InChI=1S/C15H33N2O/c1-2-3-4-5-6-7-8-9-10-11-13-16-14-12-15-17-18/h16-17H,2-15H2,1H3/q-1. The average Bonchev–Trinajstić information content (AvgIpc) is 2.39. The molecule has 0 aliphatic rings. The van der Waals surface area contributed by atoms with E-state index < -0.39 is 0 Å². The van der Waals surface area contributed by atoms with Crippen LogP contribution in [0.25, 0.3) is 0 Å². The smallest absolute Gasteiger partial charge is 0.00371 e. The molecule has 18 heavy (non-hydrogen) atoms. The predicted octanol–water partition coefficient (Wildman–Crippen LogP) is 3.97. The number of nitrogens with one attached hydrogen (secondary N) is 2. The summed E-state index contributed by atoms with van der Waals surface area (Å²) in [7, 11) is 0. The quantitative estimate of drug-likeness (QED) is 0.345. The van der Waals surface area contributed by atoms with Gasteiger partial charge in [0.2, 0.25) is 0 Å². The predicted molar refractivity (Wildman–Crippen MR) is 80.7 cm³/mol. The van der Waals surface area contributed by atoms with Crippen LogP contribution in [0.5, 0.6) is 0 Å². The Balaban J connectivity index is 2.86. The normalized spacial score (nSPS) is 11.0. The largest absolute Gasteiger partial charge is 0.788 e. The van der Waals surface area contributed by atoms with Crippen molar-refractivity contribution in [3.05, 3.63) is 5.21 Å². The molecule has 0 bridgehead atoms. The summed E-state index contributed by atoms with van der Waals surface area (Å²) in [5.41, 5.74) is 1.92. The SMILES string of the molecule is CCCCCCCCCCCCNCCCN[O-]. The Morgan fingerprint density at radius 2 is 1.11 bits per heavy atom. The van der Waals surface area contributed by atoms with Crippen LogP contribution in [0.1, 0.15) is 77.6 Å². The van der Waals surface area contributed by atoms with Gasteiger partial charge >= 0.3 is 0 Å². The maximum Gasteiger partial charge on any atom is -0.00371 e. The molecule has 0 heterocycles. The summed E-state index contributed by atoms with van der Waals surface area (Å²) in [5.74, 6) is 0. The first kappa shape index (κ1) is 17.9. The molecule has 2 N–H and O–H groups in total. The first-order valence-corrected chi connectivity index (χ1v) is 7.97. The fourth-order valence-electron chi connectivity index (χ4n) is 2.15. The minimum absolute atomic E-state index is 0.574. The zero-order valence-electron chi connectivity index (χ0n) is 12.3. The van der Waals surface area contributed by atoms with Crippen molar-refractivity contribution in [3.8, 4) is 0 Å². The molecular weight excluding hydrogens is 224 g/mol. The Bertz CT molecular complexity index is 126. The minimum atomic E-state index is 0.574. The molecule has 0 aromatic carbocycles. The van der Waals surface area contributed by atoms with Crippen LogP contribution in [0.3, 0.4) is 0 Å². The fourth-order valence-corrected chi connectivity index (χ4v) is 2.15. The molecule has 0 aromatic rings. The number of hydrogen-bond donors (Lipinski definition) is 2. The maximum absolute atomic E-state index is 9.97. The monoisotopic (exact) mass is 257 g/mol. The summed E-state index contributed by atoms with van der Waals surface area (Å²) < 4.78 is 0. The molecule has 0 unspecified atom stereocenters. The summed E-state index contributed by atoms with van der Waals surface area (Å²) in [6.07, 6.45) is 14.8. The van der Waals surface area contributed by atoms with E-state index in [9.17, 15) is 5.21 Å². The summed E-state index contributed by atoms with van der Waals surface area (Å²) in [6, 6.07) is 0. The average molecular weight is 257 g/mol. The van der Waals surface area contributed by atoms with Gasteiger partial charge in [0.15, 0.2) is 0 Å². The number of hydrogen-bond acceptors (Lipinski definition) is 3. The van der Waals surface area contributed by atoms with Gasteiger partial charge in [-0.3, -0.25) is 0 Å². The lowest BCUT2D eigenvalue weighted by atomic mass is 10.1. The number of hydroxylamine groups is 1. The van der Waals surface area contributed by atoms with Gasteiger partial charge in [0.25, 0.3) is 0 Å². The van der Waals surface area contributed by atoms with Crippen molar-refractivity contribution >= 4 is 0 Å². The van der Waals surface area contributed by atoms with Crippen molar-refractivity contribution < 1.29 is 0 Å². The van der Waals surface area contributed by atoms with E-state index >= 15 is 0 Å². The molecule has 0 fully saturated rings. The molecule has 110 valence electrons. The second-order valence-corrected chi connectivity index (χ2v) is 5.18. The lowest BCUT2D eigenvalue weighted by molar-refractivity contribution is 0.540. The Hall–Kier alpha value is -0.120. The van der Waals surface area contributed by atoms with Gasteiger partial charge in [-0.1, -0.05) is 64.7 Å². The van der Waals surface area contributed by atoms with Crippen LogP contribution < -0.4 is 10.8 Å². The molecule has 0 aliphatic heterocycles. The molecule has 3 heteroatoms. The highest BCUT2D eigenvalue weighted by molar-refractivity contribution is 4.52. The minimum Gasteiger partial charge on any atom is -0.788 e. The Labute approximate surface area is 114 Å². The Morgan fingerprint density at radius 3 is 1.67 bits per heavy atom. The van der Waals surface area contributed by atoms with Gasteiger partial charge < -0.3 is 16.0 Å². The molecule has 0 saturated carbocycles. The zero-order chi connectivity index (χ0) is 13.3. The van der Waals surface area contributed by atoms with Crippen molar-refractivity contribution in [2.75, 3.05) is 19.6 Å². The Kier molecular flexibility index (Phi) is 16.8. The molecule has 0 radical (unpaired) electrons. The fraction of sp³-hybridized carbons (Fsp3) is 1.00. The van der Waals surface area contributed by atoms with Crippen LogP contribution in [0, 0.1) is 5.21 Å². The van der Waals surface area contributed by atoms with E-state index in [1.165, 1.54) is 64.2 Å². The summed E-state index contributed by atoms with van der Waals surface area (Å²) >= 11 is 0. The topological polar surface area (TPSA) is 47.1 Å². The van der Waals surface area contributed by atoms with Crippen molar-refractivity contribution in [1.29, 1.82) is 0 Å². The van der Waals surface area contributed by atoms with E-state index in [2.05, 4.69) is 12.2 Å². The number of unbranched alkanes of at least 4 members (excludes halogenated alkanes) is 9. The zero-order valence-corrected chi connectivity index (χ0v) is 12.3. The van der Waals surface area contributed by atoms with Gasteiger partial charge in [-0.15, -0.1) is 0 Å². The van der Waals surface area contributed by atoms with Crippen LogP contribution in [-0.4, -0.2) is 19.6 Å². The van der Waals surface area contributed by atoms with E-state index in [1.54, 1.807) is 0 Å². The molecular formula is C15H33N2O-. The van der Waals surface area contributed by atoms with Gasteiger partial charge in [-0.05, 0) is 32.5 Å². The molecule has 0 aromatic heterocycles. The van der Waals surface area contributed by atoms with Crippen molar-refractivity contribution in [2.45, 2.75) is 77.6 Å². The highest BCUT2D eigenvalue weighted by Crippen LogP contribution is 2.10. The summed E-state index contributed by atoms with van der Waals surface area (Å²) in [5, 5.41) is 13.3. The van der Waals surface area contributed by atoms with E-state index in [0.29, 0.717) is 6.54 Å². The molecule has 0 saturated heterocycles. The first-order chi connectivity index (χ1) is 8.91. The highest BCUT2D eigenvalue weighted by Gasteiger charge is 1.92. The second kappa shape index (κ2) is 16.9. The van der Waals surface area contributed by atoms with Gasteiger partial charge in [0.05, 0.1) is 0 Å². The van der Waals surface area contributed by atoms with Gasteiger partial charge in [0, 0.05) is 0 Å². The van der Waals surface area contributed by atoms with Crippen molar-refractivity contribution in [3.63, 3.8) is 0 Å². The van der Waals surface area contributed by atoms with E-state index in [1.807, 2.05) is 5.48 Å². The highest BCUT2D eigenvalue weighted by atomic mass is 16.5. The lowest BCUT2D eigenvalue weighted by Gasteiger charge is -2.07. The van der Waals surface area contributed by atoms with Crippen LogP contribution in [-0.2, 0) is 0 Å². The summed E-state index contributed by atoms with van der Waals surface area (Å²) in [4.78, 5) is 0. The Morgan fingerprint density at radius 1 is 0.611 bits per heavy atom. The van der Waals surface area contributed by atoms with E-state index in [0.717, 1.165) is 19.5 Å². The van der Waals surface area contributed by atoms with Crippen LogP contribution in [0.4, 0.5) is 0 Å². The van der Waals surface area contributed by atoms with Crippen LogP contribution in [0.15, 0.2) is 0 Å². The molecule has 0 atom stereocenters. The van der Waals surface area contributed by atoms with Gasteiger partial charge in [-0.25, -0.2) is 0 Å². The molecule has 0 spiro atoms. The molecule has 0 amide bonds. The number of rotatable bonds is 15. The third-order valence-electron chi connectivity index (χ3n) is 3.34. The lowest BCUT2D eigenvalue weighted by Crippen LogP contribution is -2.20. The molecule has 0 aliphatic carbocycles. The maximum atomic E-state index is 9.97. The van der Waals surface area contributed by atoms with Crippen LogP contribution in [0.2, 0.25) is 0 Å². The van der Waals surface area contributed by atoms with Crippen molar-refractivity contribution in [1.82, 2.24) is 10.8 Å². The second-order valence-electron chi connectivity index (χ2n) is 5.18. The van der Waals surface area contributed by atoms with E-state index in [4.69, 9.17) is 0 Å². The van der Waals surface area contributed by atoms with Crippen LogP contribution >= 0.6 is 0 Å². The third-order valence-corrected chi connectivity index (χ3v) is 3.34. The first-order valence-electron chi connectivity index (χ1n) is 7.97. The summed E-state index contributed by atoms with van der Waals surface area (Å²) in [6.45, 7) is 4.91.